The predicted octanol–water partition coefficient (Wildman–Crippen LogP) is 1.55. The third-order valence-electron chi connectivity index (χ3n) is 5.10. The number of aliphatic hydroxyl groups is 1. The number of aliphatic carboxylic acids is 1. The molecule has 1 fully saturated rings. The molecule has 25 heavy (non-hydrogen) atoms. The van der Waals surface area contributed by atoms with Crippen LogP contribution < -0.4 is 0 Å². The monoisotopic (exact) mass is 342 g/mol. The summed E-state index contributed by atoms with van der Waals surface area (Å²) >= 11 is 0. The average Bonchev–Trinajstić information content (AvgIpc) is 3.02. The summed E-state index contributed by atoms with van der Waals surface area (Å²) in [5.41, 5.74) is 0.121. The van der Waals surface area contributed by atoms with Crippen LogP contribution in [0.1, 0.15) is 22.5 Å². The Bertz CT molecular complexity index is 771. The number of rotatable bonds is 4. The number of carboxylic acids is 1. The van der Waals surface area contributed by atoms with Crippen LogP contribution in [0.3, 0.4) is 0 Å². The number of aromatic nitrogens is 1. The van der Waals surface area contributed by atoms with Crippen LogP contribution in [0.25, 0.3) is 0 Å². The lowest BCUT2D eigenvalue weighted by atomic mass is 9.71. The van der Waals surface area contributed by atoms with Gasteiger partial charge in [-0.3, -0.25) is 9.59 Å². The number of likely N-dealkylation sites (tertiary alicyclic amines) is 1. The summed E-state index contributed by atoms with van der Waals surface area (Å²) < 4.78 is 1.72. The van der Waals surface area contributed by atoms with E-state index in [1.807, 2.05) is 30.3 Å². The summed E-state index contributed by atoms with van der Waals surface area (Å²) in [5, 5.41) is 20.5. The van der Waals surface area contributed by atoms with Crippen LogP contribution in [0.15, 0.2) is 48.7 Å². The largest absolute Gasteiger partial charge is 0.481 e. The first-order chi connectivity index (χ1) is 11.9. The van der Waals surface area contributed by atoms with E-state index in [0.29, 0.717) is 12.2 Å². The molecular formula is C19H22N2O4. The van der Waals surface area contributed by atoms with Crippen LogP contribution in [0.5, 0.6) is 0 Å². The highest BCUT2D eigenvalue weighted by Crippen LogP contribution is 2.36. The first kappa shape index (κ1) is 17.2. The van der Waals surface area contributed by atoms with Gasteiger partial charge in [-0.05, 0) is 30.5 Å². The summed E-state index contributed by atoms with van der Waals surface area (Å²) in [6, 6.07) is 12.8. The fourth-order valence-electron chi connectivity index (χ4n) is 3.50. The van der Waals surface area contributed by atoms with Gasteiger partial charge >= 0.3 is 5.97 Å². The van der Waals surface area contributed by atoms with Crippen LogP contribution in [-0.2, 0) is 18.3 Å². The van der Waals surface area contributed by atoms with Crippen LogP contribution >= 0.6 is 0 Å². The van der Waals surface area contributed by atoms with E-state index in [1.54, 1.807) is 29.9 Å². The van der Waals surface area contributed by atoms with Crippen molar-refractivity contribution in [3.05, 3.63) is 59.9 Å². The van der Waals surface area contributed by atoms with Crippen molar-refractivity contribution in [1.82, 2.24) is 9.47 Å². The smallest absolute Gasteiger partial charge is 0.312 e. The van der Waals surface area contributed by atoms with Gasteiger partial charge in [0.25, 0.3) is 5.91 Å². The first-order valence-corrected chi connectivity index (χ1v) is 8.30. The molecule has 1 aliphatic heterocycles. The van der Waals surface area contributed by atoms with Gasteiger partial charge in [-0.15, -0.1) is 0 Å². The molecule has 0 bridgehead atoms. The molecule has 6 heteroatoms. The Balaban J connectivity index is 1.80. The van der Waals surface area contributed by atoms with Gasteiger partial charge in [-0.2, -0.15) is 0 Å². The third-order valence-corrected chi connectivity index (χ3v) is 5.10. The topological polar surface area (TPSA) is 82.8 Å². The normalized spacial score (nSPS) is 23.4. The van der Waals surface area contributed by atoms with Gasteiger partial charge in [0.05, 0.1) is 6.10 Å². The highest BCUT2D eigenvalue weighted by atomic mass is 16.4. The molecule has 2 heterocycles. The number of carboxylic acid groups (broad SMARTS) is 1. The van der Waals surface area contributed by atoms with E-state index in [0.717, 1.165) is 5.56 Å². The molecule has 1 saturated heterocycles. The number of benzene rings is 1. The van der Waals surface area contributed by atoms with Gasteiger partial charge in [-0.25, -0.2) is 0 Å². The number of hydrogen-bond donors (Lipinski definition) is 2. The first-order valence-electron chi connectivity index (χ1n) is 8.30. The molecule has 0 spiro atoms. The molecule has 2 aromatic rings. The zero-order valence-corrected chi connectivity index (χ0v) is 14.1. The molecule has 3 rings (SSSR count). The minimum absolute atomic E-state index is 0.0170. The van der Waals surface area contributed by atoms with E-state index < -0.39 is 17.5 Å². The van der Waals surface area contributed by atoms with Crippen LogP contribution in [0, 0.1) is 5.41 Å². The van der Waals surface area contributed by atoms with Gasteiger partial charge in [-0.1, -0.05) is 30.3 Å². The lowest BCUT2D eigenvalue weighted by Crippen LogP contribution is -2.57. The molecule has 1 aromatic heterocycles. The van der Waals surface area contributed by atoms with Crippen LogP contribution in [0.2, 0.25) is 0 Å². The van der Waals surface area contributed by atoms with Crippen molar-refractivity contribution in [2.75, 3.05) is 13.1 Å². The number of carbonyl (C=O) groups is 2. The van der Waals surface area contributed by atoms with E-state index in [1.165, 1.54) is 4.90 Å². The minimum Gasteiger partial charge on any atom is -0.481 e. The molecule has 1 amide bonds. The fourth-order valence-corrected chi connectivity index (χ4v) is 3.50. The Hall–Kier alpha value is -2.60. The van der Waals surface area contributed by atoms with Crippen molar-refractivity contribution in [3.8, 4) is 0 Å². The van der Waals surface area contributed by atoms with E-state index in [9.17, 15) is 19.8 Å². The molecule has 132 valence electrons. The predicted molar refractivity (Wildman–Crippen MR) is 92.2 cm³/mol. The number of hydrogen-bond acceptors (Lipinski definition) is 3. The number of β-amino-alcohol motifs (C(OH)–C–C–N with tert-alkyl or cyclic N) is 1. The van der Waals surface area contributed by atoms with Crippen LogP contribution in [-0.4, -0.2) is 50.8 Å². The Morgan fingerprint density at radius 3 is 2.48 bits per heavy atom. The third kappa shape index (κ3) is 3.17. The Kier molecular flexibility index (Phi) is 4.63. The van der Waals surface area contributed by atoms with E-state index in [4.69, 9.17) is 0 Å². The second kappa shape index (κ2) is 6.72. The molecule has 6 nitrogen and oxygen atoms in total. The highest BCUT2D eigenvalue weighted by Gasteiger charge is 2.49. The summed E-state index contributed by atoms with van der Waals surface area (Å²) in [7, 11) is 1.78. The molecule has 0 unspecified atom stereocenters. The SMILES string of the molecule is Cn1cccc1C(=O)N1CC[C@](Cc2ccccc2)(C(=O)O)[C@@H](O)C1. The van der Waals surface area contributed by atoms with Crippen molar-refractivity contribution in [2.24, 2.45) is 12.5 Å². The molecular weight excluding hydrogens is 320 g/mol. The molecule has 0 aliphatic carbocycles. The van der Waals surface area contributed by atoms with E-state index >= 15 is 0 Å². The maximum atomic E-state index is 12.6. The van der Waals surface area contributed by atoms with Gasteiger partial charge < -0.3 is 19.7 Å². The molecule has 2 atom stereocenters. The highest BCUT2D eigenvalue weighted by molar-refractivity contribution is 5.93. The lowest BCUT2D eigenvalue weighted by Gasteiger charge is -2.42. The number of aliphatic hydroxyl groups excluding tert-OH is 1. The second-order valence-corrected chi connectivity index (χ2v) is 6.64. The molecule has 1 aliphatic rings. The van der Waals surface area contributed by atoms with Crippen molar-refractivity contribution >= 4 is 11.9 Å². The van der Waals surface area contributed by atoms with Crippen LogP contribution in [0.4, 0.5) is 0 Å². The number of amides is 1. The Morgan fingerprint density at radius 2 is 1.92 bits per heavy atom. The van der Waals surface area contributed by atoms with Crippen molar-refractivity contribution in [1.29, 1.82) is 0 Å². The number of aryl methyl sites for hydroxylation is 1. The van der Waals surface area contributed by atoms with Gasteiger partial charge in [0.2, 0.25) is 0 Å². The second-order valence-electron chi connectivity index (χ2n) is 6.64. The molecule has 1 aromatic carbocycles. The number of carbonyl (C=O) groups excluding carboxylic acids is 1. The molecule has 0 radical (unpaired) electrons. The Morgan fingerprint density at radius 1 is 1.20 bits per heavy atom. The summed E-state index contributed by atoms with van der Waals surface area (Å²) in [6.07, 6.45) is 1.12. The quantitative estimate of drug-likeness (QED) is 0.883. The maximum Gasteiger partial charge on any atom is 0.312 e. The van der Waals surface area contributed by atoms with Gasteiger partial charge in [0, 0.05) is 26.3 Å². The van der Waals surface area contributed by atoms with E-state index in [-0.39, 0.29) is 25.3 Å². The zero-order valence-electron chi connectivity index (χ0n) is 14.1. The summed E-state index contributed by atoms with van der Waals surface area (Å²) in [6.45, 7) is 0.323. The van der Waals surface area contributed by atoms with Crippen molar-refractivity contribution in [2.45, 2.75) is 18.9 Å². The molecule has 0 saturated carbocycles. The Labute approximate surface area is 146 Å². The summed E-state index contributed by atoms with van der Waals surface area (Å²) in [4.78, 5) is 26.1. The van der Waals surface area contributed by atoms with Crippen molar-refractivity contribution in [3.63, 3.8) is 0 Å². The summed E-state index contributed by atoms with van der Waals surface area (Å²) in [5.74, 6) is -1.21. The number of piperidine rings is 1. The van der Waals surface area contributed by atoms with Gasteiger partial charge in [0.1, 0.15) is 11.1 Å². The lowest BCUT2D eigenvalue weighted by molar-refractivity contribution is -0.161. The maximum absolute atomic E-state index is 12.6. The number of nitrogens with zero attached hydrogens (tertiary/aromatic N) is 2. The van der Waals surface area contributed by atoms with E-state index in [2.05, 4.69) is 0 Å². The van der Waals surface area contributed by atoms with Crippen molar-refractivity contribution < 1.29 is 19.8 Å². The average molecular weight is 342 g/mol. The molecule has 2 N–H and O–H groups in total. The van der Waals surface area contributed by atoms with Gasteiger partial charge in [0.15, 0.2) is 0 Å². The standard InChI is InChI=1S/C19H22N2O4/c1-20-10-5-8-15(20)17(23)21-11-9-19(18(24)25,16(22)13-21)12-14-6-3-2-4-7-14/h2-8,10,16,22H,9,11-13H2,1H3,(H,24,25)/t16-,19+/m0/s1. The minimum atomic E-state index is -1.27. The fraction of sp³-hybridized carbons (Fsp3) is 0.368. The zero-order chi connectivity index (χ0) is 18.0.